The summed E-state index contributed by atoms with van der Waals surface area (Å²) < 4.78 is 11.8. The van der Waals surface area contributed by atoms with Gasteiger partial charge in [-0.2, -0.15) is 0 Å². The van der Waals surface area contributed by atoms with Crippen molar-refractivity contribution in [1.29, 1.82) is 0 Å². The molecule has 0 spiro atoms. The van der Waals surface area contributed by atoms with Gasteiger partial charge >= 0.3 is 5.97 Å². The fourth-order valence-electron chi connectivity index (χ4n) is 2.56. The van der Waals surface area contributed by atoms with Crippen LogP contribution >= 0.6 is 11.3 Å². The van der Waals surface area contributed by atoms with Crippen LogP contribution in [0.5, 0.6) is 5.75 Å². The van der Waals surface area contributed by atoms with Gasteiger partial charge in [0.15, 0.2) is 6.61 Å². The molecule has 3 rings (SSSR count). The molecule has 0 saturated heterocycles. The number of aryl methyl sites for hydroxylation is 1. The number of benzene rings is 1. The number of anilines is 1. The lowest BCUT2D eigenvalue weighted by molar-refractivity contribution is -0.142. The first-order valence-electron chi connectivity index (χ1n) is 8.34. The molecule has 0 aliphatic rings. The zero-order valence-electron chi connectivity index (χ0n) is 15.3. The molecule has 2 heterocycles. The lowest BCUT2D eigenvalue weighted by Crippen LogP contribution is -2.15. The fraction of sp³-hybridized carbons (Fsp3) is 0.200. The van der Waals surface area contributed by atoms with Crippen LogP contribution in [0.4, 0.5) is 5.69 Å². The van der Waals surface area contributed by atoms with Crippen LogP contribution in [-0.4, -0.2) is 30.2 Å². The second-order valence-electron chi connectivity index (χ2n) is 5.90. The highest BCUT2D eigenvalue weighted by molar-refractivity contribution is 7.15. The first-order valence-corrected chi connectivity index (χ1v) is 9.15. The maximum atomic E-state index is 12.9. The minimum absolute atomic E-state index is 0.157. The van der Waals surface area contributed by atoms with Crippen LogP contribution in [0.25, 0.3) is 5.00 Å². The minimum atomic E-state index is -0.451. The highest BCUT2D eigenvalue weighted by Crippen LogP contribution is 2.31. The molecule has 3 aromatic rings. The Kier molecular flexibility index (Phi) is 5.61. The average molecular weight is 384 g/mol. The zero-order valence-corrected chi connectivity index (χ0v) is 16.1. The maximum Gasteiger partial charge on any atom is 0.343 e. The van der Waals surface area contributed by atoms with Crippen molar-refractivity contribution >= 4 is 28.9 Å². The highest BCUT2D eigenvalue weighted by atomic mass is 32.1. The van der Waals surface area contributed by atoms with E-state index in [0.717, 1.165) is 15.4 Å². The van der Waals surface area contributed by atoms with Crippen LogP contribution in [0.2, 0.25) is 0 Å². The Morgan fingerprint density at radius 1 is 1.11 bits per heavy atom. The van der Waals surface area contributed by atoms with Gasteiger partial charge in [-0.05, 0) is 55.8 Å². The molecule has 1 N–H and O–H groups in total. The van der Waals surface area contributed by atoms with E-state index in [4.69, 9.17) is 4.74 Å². The Morgan fingerprint density at radius 3 is 2.41 bits per heavy atom. The smallest absolute Gasteiger partial charge is 0.343 e. The summed E-state index contributed by atoms with van der Waals surface area (Å²) >= 11 is 1.59. The summed E-state index contributed by atoms with van der Waals surface area (Å²) in [5.41, 5.74) is 2.28. The van der Waals surface area contributed by atoms with Gasteiger partial charge in [-0.3, -0.25) is 4.79 Å². The second-order valence-corrected chi connectivity index (χ2v) is 7.10. The third-order valence-corrected chi connectivity index (χ3v) is 5.35. The van der Waals surface area contributed by atoms with Crippen molar-refractivity contribution in [3.63, 3.8) is 0 Å². The van der Waals surface area contributed by atoms with Crippen molar-refractivity contribution < 1.29 is 19.1 Å². The van der Waals surface area contributed by atoms with E-state index < -0.39 is 5.97 Å². The Bertz CT molecular complexity index is 943. The van der Waals surface area contributed by atoms with Crippen molar-refractivity contribution in [3.8, 4) is 10.8 Å². The lowest BCUT2D eigenvalue weighted by Gasteiger charge is -2.10. The molecule has 0 bridgehead atoms. The van der Waals surface area contributed by atoms with Gasteiger partial charge in [0.2, 0.25) is 0 Å². The van der Waals surface area contributed by atoms with E-state index in [9.17, 15) is 9.59 Å². The molecule has 1 aromatic carbocycles. The van der Waals surface area contributed by atoms with Crippen molar-refractivity contribution in [2.75, 3.05) is 19.0 Å². The molecular weight excluding hydrogens is 364 g/mol. The lowest BCUT2D eigenvalue weighted by atomic mass is 10.1. The van der Waals surface area contributed by atoms with E-state index in [-0.39, 0.29) is 12.5 Å². The van der Waals surface area contributed by atoms with E-state index in [1.54, 1.807) is 35.6 Å². The van der Waals surface area contributed by atoms with Crippen molar-refractivity contribution in [3.05, 3.63) is 64.8 Å². The number of nitrogens with one attached hydrogen (secondary N) is 1. The molecule has 0 fully saturated rings. The van der Waals surface area contributed by atoms with Gasteiger partial charge in [-0.1, -0.05) is 0 Å². The summed E-state index contributed by atoms with van der Waals surface area (Å²) in [7, 11) is 1.31. The van der Waals surface area contributed by atoms with E-state index in [1.807, 2.05) is 42.9 Å². The van der Waals surface area contributed by atoms with Gasteiger partial charge in [0.1, 0.15) is 10.8 Å². The second kappa shape index (κ2) is 8.09. The van der Waals surface area contributed by atoms with Crippen molar-refractivity contribution in [2.24, 2.45) is 0 Å². The average Bonchev–Trinajstić information content (AvgIpc) is 3.29. The SMILES string of the molecule is COC(=O)COc1ccc(NC(=O)c2c(-n3cccc3)sc(C)c2C)cc1. The number of aromatic nitrogens is 1. The predicted molar refractivity (Wildman–Crippen MR) is 105 cm³/mol. The Balaban J connectivity index is 1.75. The Morgan fingerprint density at radius 2 is 1.78 bits per heavy atom. The van der Waals surface area contributed by atoms with E-state index in [1.165, 1.54) is 7.11 Å². The Labute approximate surface area is 161 Å². The monoisotopic (exact) mass is 384 g/mol. The molecular formula is C20H20N2O4S. The van der Waals surface area contributed by atoms with E-state index in [0.29, 0.717) is 17.0 Å². The normalized spacial score (nSPS) is 10.5. The number of amides is 1. The van der Waals surface area contributed by atoms with Crippen molar-refractivity contribution in [1.82, 2.24) is 4.57 Å². The van der Waals surface area contributed by atoms with Gasteiger partial charge in [0.25, 0.3) is 5.91 Å². The number of esters is 1. The topological polar surface area (TPSA) is 69.6 Å². The van der Waals surface area contributed by atoms with Crippen LogP contribution in [0, 0.1) is 13.8 Å². The molecule has 0 radical (unpaired) electrons. The molecule has 27 heavy (non-hydrogen) atoms. The number of hydrogen-bond donors (Lipinski definition) is 1. The van der Waals surface area contributed by atoms with Gasteiger partial charge in [-0.25, -0.2) is 4.79 Å². The third kappa shape index (κ3) is 4.20. The summed E-state index contributed by atoms with van der Waals surface area (Å²) in [6.07, 6.45) is 3.85. The molecule has 1 amide bonds. The van der Waals surface area contributed by atoms with Crippen LogP contribution in [0.3, 0.4) is 0 Å². The molecule has 0 saturated carbocycles. The number of hydrogen-bond acceptors (Lipinski definition) is 5. The molecule has 140 valence electrons. The largest absolute Gasteiger partial charge is 0.482 e. The number of carbonyl (C=O) groups is 2. The number of methoxy groups -OCH3 is 1. The molecule has 0 aliphatic carbocycles. The standard InChI is InChI=1S/C20H20N2O4S/c1-13-14(2)27-20(22-10-4-5-11-22)18(13)19(24)21-15-6-8-16(9-7-15)26-12-17(23)25-3/h4-11H,12H2,1-3H3,(H,21,24). The van der Waals surface area contributed by atoms with Gasteiger partial charge in [0.05, 0.1) is 12.7 Å². The van der Waals surface area contributed by atoms with Gasteiger partial charge < -0.3 is 19.4 Å². The third-order valence-electron chi connectivity index (χ3n) is 4.13. The summed E-state index contributed by atoms with van der Waals surface area (Å²) in [6.45, 7) is 3.81. The summed E-state index contributed by atoms with van der Waals surface area (Å²) in [6, 6.07) is 10.7. The fourth-order valence-corrected chi connectivity index (χ4v) is 3.68. The summed E-state index contributed by atoms with van der Waals surface area (Å²) in [5.74, 6) is -0.0917. The number of thiophene rings is 1. The number of carbonyl (C=O) groups excluding carboxylic acids is 2. The number of nitrogens with zero attached hydrogens (tertiary/aromatic N) is 1. The van der Waals surface area contributed by atoms with E-state index >= 15 is 0 Å². The molecule has 0 atom stereocenters. The minimum Gasteiger partial charge on any atom is -0.482 e. The number of ether oxygens (including phenoxy) is 2. The maximum absolute atomic E-state index is 12.9. The molecule has 6 nitrogen and oxygen atoms in total. The first kappa shape index (κ1) is 18.7. The van der Waals surface area contributed by atoms with Crippen LogP contribution in [-0.2, 0) is 9.53 Å². The van der Waals surface area contributed by atoms with Gasteiger partial charge in [0, 0.05) is 23.0 Å². The first-order chi connectivity index (χ1) is 13.0. The van der Waals surface area contributed by atoms with Crippen LogP contribution < -0.4 is 10.1 Å². The molecule has 0 aliphatic heterocycles. The number of rotatable bonds is 6. The van der Waals surface area contributed by atoms with Crippen LogP contribution in [0.1, 0.15) is 20.8 Å². The predicted octanol–water partition coefficient (Wildman–Crippen LogP) is 3.96. The van der Waals surface area contributed by atoms with E-state index in [2.05, 4.69) is 10.1 Å². The molecule has 7 heteroatoms. The Hall–Kier alpha value is -3.06. The zero-order chi connectivity index (χ0) is 19.4. The van der Waals surface area contributed by atoms with Gasteiger partial charge in [-0.15, -0.1) is 11.3 Å². The molecule has 2 aromatic heterocycles. The summed E-state index contributed by atoms with van der Waals surface area (Å²) in [4.78, 5) is 25.1. The quantitative estimate of drug-likeness (QED) is 0.653. The highest BCUT2D eigenvalue weighted by Gasteiger charge is 2.20. The molecule has 0 unspecified atom stereocenters. The summed E-state index contributed by atoms with van der Waals surface area (Å²) in [5, 5.41) is 3.82. The van der Waals surface area contributed by atoms with Crippen molar-refractivity contribution in [2.45, 2.75) is 13.8 Å². The van der Waals surface area contributed by atoms with Crippen LogP contribution in [0.15, 0.2) is 48.8 Å².